The maximum absolute atomic E-state index is 12.2. The summed E-state index contributed by atoms with van der Waals surface area (Å²) in [4.78, 5) is 17.4. The van der Waals surface area contributed by atoms with Crippen molar-refractivity contribution >= 4 is 32.7 Å². The van der Waals surface area contributed by atoms with Gasteiger partial charge in [0.05, 0.1) is 5.56 Å². The summed E-state index contributed by atoms with van der Waals surface area (Å²) in [6, 6.07) is 1.41. The minimum absolute atomic E-state index is 0.150. The third-order valence-electron chi connectivity index (χ3n) is 2.00. The number of rotatable bonds is 1. The first-order chi connectivity index (χ1) is 7.39. The van der Waals surface area contributed by atoms with Gasteiger partial charge in [-0.2, -0.15) is 13.2 Å². The minimum Gasteiger partial charge on any atom is -0.345 e. The van der Waals surface area contributed by atoms with E-state index in [9.17, 15) is 18.0 Å². The number of hydrogen-bond acceptors (Lipinski definition) is 2. The smallest absolute Gasteiger partial charge is 0.345 e. The Bertz CT molecular complexity index is 561. The summed E-state index contributed by atoms with van der Waals surface area (Å²) in [6.45, 7) is 0. The van der Waals surface area contributed by atoms with E-state index in [1.807, 2.05) is 0 Å². The van der Waals surface area contributed by atoms with Gasteiger partial charge in [0.2, 0.25) is 0 Å². The number of carbonyl (C=O) groups is 1. The van der Waals surface area contributed by atoms with Crippen LogP contribution in [0, 0.1) is 0 Å². The molecule has 0 saturated carbocycles. The Hall–Kier alpha value is -1.37. The van der Waals surface area contributed by atoms with E-state index >= 15 is 0 Å². The molecule has 0 spiro atoms. The number of nitrogens with one attached hydrogen (secondary N) is 1. The Morgan fingerprint density at radius 2 is 2.12 bits per heavy atom. The normalized spacial score (nSPS) is 12.0. The number of alkyl halides is 3. The summed E-state index contributed by atoms with van der Waals surface area (Å²) in [7, 11) is 0. The van der Waals surface area contributed by atoms with Gasteiger partial charge in [-0.15, -0.1) is 0 Å². The predicted molar refractivity (Wildman–Crippen MR) is 54.2 cm³/mol. The van der Waals surface area contributed by atoms with Crippen molar-refractivity contribution in [2.24, 2.45) is 0 Å². The van der Waals surface area contributed by atoms with Crippen LogP contribution >= 0.6 is 15.9 Å². The van der Waals surface area contributed by atoms with Crippen LogP contribution in [0.4, 0.5) is 13.2 Å². The molecule has 0 aliphatic carbocycles. The highest BCUT2D eigenvalue weighted by molar-refractivity contribution is 9.10. The fraction of sp³-hybridized carbons (Fsp3) is 0.111. The van der Waals surface area contributed by atoms with E-state index in [1.54, 1.807) is 0 Å². The monoisotopic (exact) mass is 292 g/mol. The average molecular weight is 293 g/mol. The van der Waals surface area contributed by atoms with Crippen molar-refractivity contribution in [2.75, 3.05) is 0 Å². The number of carbonyl (C=O) groups excluding carboxylic acids is 1. The number of hydrogen-bond donors (Lipinski definition) is 1. The summed E-state index contributed by atoms with van der Waals surface area (Å²) in [6.07, 6.45) is -2.43. The molecule has 7 heteroatoms. The Kier molecular flexibility index (Phi) is 2.49. The predicted octanol–water partition coefficient (Wildman–Crippen LogP) is 3.07. The second kappa shape index (κ2) is 3.58. The molecule has 0 atom stereocenters. The second-order valence-corrected chi connectivity index (χ2v) is 3.99. The Balaban J connectivity index is 2.62. The van der Waals surface area contributed by atoms with Crippen LogP contribution in [0.5, 0.6) is 0 Å². The fourth-order valence-corrected chi connectivity index (χ4v) is 1.65. The molecule has 0 saturated heterocycles. The zero-order valence-corrected chi connectivity index (χ0v) is 9.19. The van der Waals surface area contributed by atoms with E-state index in [-0.39, 0.29) is 11.0 Å². The molecule has 0 aromatic carbocycles. The molecule has 2 aromatic heterocycles. The van der Waals surface area contributed by atoms with Gasteiger partial charge in [-0.3, -0.25) is 4.79 Å². The highest BCUT2D eigenvalue weighted by Crippen LogP contribution is 2.27. The molecule has 0 bridgehead atoms. The number of aromatic nitrogens is 2. The van der Waals surface area contributed by atoms with Gasteiger partial charge in [0.15, 0.2) is 0 Å². The highest BCUT2D eigenvalue weighted by Gasteiger charge is 2.40. The lowest BCUT2D eigenvalue weighted by Crippen LogP contribution is -2.22. The highest BCUT2D eigenvalue weighted by atomic mass is 79.9. The van der Waals surface area contributed by atoms with Gasteiger partial charge in [-0.25, -0.2) is 4.98 Å². The van der Waals surface area contributed by atoms with E-state index in [4.69, 9.17) is 0 Å². The molecule has 0 fully saturated rings. The number of ketones is 1. The molecule has 0 amide bonds. The maximum atomic E-state index is 12.2. The average Bonchev–Trinajstić information content (AvgIpc) is 2.57. The number of aromatic amines is 1. The van der Waals surface area contributed by atoms with E-state index in [0.717, 1.165) is 6.20 Å². The number of H-pyrrole nitrogens is 1. The van der Waals surface area contributed by atoms with Gasteiger partial charge in [0, 0.05) is 22.3 Å². The summed E-state index contributed by atoms with van der Waals surface area (Å²) >= 11 is 3.08. The van der Waals surface area contributed by atoms with Crippen LogP contribution in [0.25, 0.3) is 11.0 Å². The topological polar surface area (TPSA) is 45.8 Å². The minimum atomic E-state index is -4.88. The van der Waals surface area contributed by atoms with Gasteiger partial charge in [-0.1, -0.05) is 0 Å². The van der Waals surface area contributed by atoms with Crippen molar-refractivity contribution in [1.82, 2.24) is 9.97 Å². The molecule has 2 heterocycles. The third-order valence-corrected chi connectivity index (χ3v) is 2.43. The lowest BCUT2D eigenvalue weighted by molar-refractivity contribution is -0.0884. The van der Waals surface area contributed by atoms with Gasteiger partial charge in [0.1, 0.15) is 5.65 Å². The molecule has 16 heavy (non-hydrogen) atoms. The zero-order chi connectivity index (χ0) is 11.9. The second-order valence-electron chi connectivity index (χ2n) is 3.08. The van der Waals surface area contributed by atoms with E-state index < -0.39 is 17.5 Å². The summed E-state index contributed by atoms with van der Waals surface area (Å²) in [5.74, 6) is -1.88. The number of halogens is 4. The molecule has 1 N–H and O–H groups in total. The van der Waals surface area contributed by atoms with Crippen molar-refractivity contribution in [1.29, 1.82) is 0 Å². The summed E-state index contributed by atoms with van der Waals surface area (Å²) in [5, 5.41) is 0.150. The van der Waals surface area contributed by atoms with Crippen molar-refractivity contribution in [3.8, 4) is 0 Å². The molecule has 3 nitrogen and oxygen atoms in total. The van der Waals surface area contributed by atoms with E-state index in [0.29, 0.717) is 4.47 Å². The van der Waals surface area contributed by atoms with Crippen LogP contribution in [-0.4, -0.2) is 21.9 Å². The Labute approximate surface area is 95.8 Å². The van der Waals surface area contributed by atoms with E-state index in [1.165, 1.54) is 12.3 Å². The van der Waals surface area contributed by atoms with Crippen LogP contribution in [0.3, 0.4) is 0 Å². The van der Waals surface area contributed by atoms with E-state index in [2.05, 4.69) is 25.9 Å². The SMILES string of the molecule is O=C(c1c[nH]c2ncc(Br)cc12)C(F)(F)F. The fourth-order valence-electron chi connectivity index (χ4n) is 1.32. The van der Waals surface area contributed by atoms with Gasteiger partial charge in [-0.05, 0) is 22.0 Å². The first kappa shape index (κ1) is 11.1. The number of nitrogens with zero attached hydrogens (tertiary/aromatic N) is 1. The molecule has 0 radical (unpaired) electrons. The van der Waals surface area contributed by atoms with Crippen LogP contribution in [-0.2, 0) is 0 Å². The van der Waals surface area contributed by atoms with Gasteiger partial charge < -0.3 is 4.98 Å². The number of Topliss-reactive ketones (excluding diaryl/α,β-unsaturated/α-hetero) is 1. The Morgan fingerprint density at radius 1 is 1.44 bits per heavy atom. The van der Waals surface area contributed by atoms with Crippen molar-refractivity contribution in [3.63, 3.8) is 0 Å². The van der Waals surface area contributed by atoms with Crippen LogP contribution in [0.1, 0.15) is 10.4 Å². The third kappa shape index (κ3) is 1.82. The summed E-state index contributed by atoms with van der Waals surface area (Å²) < 4.78 is 37.2. The molecular formula is C9H4BrF3N2O. The van der Waals surface area contributed by atoms with Crippen molar-refractivity contribution in [3.05, 3.63) is 28.5 Å². The molecular weight excluding hydrogens is 289 g/mol. The molecule has 2 aromatic rings. The zero-order valence-electron chi connectivity index (χ0n) is 7.60. The van der Waals surface area contributed by atoms with Gasteiger partial charge >= 0.3 is 6.18 Å². The Morgan fingerprint density at radius 3 is 2.75 bits per heavy atom. The number of fused-ring (bicyclic) bond motifs is 1. The molecule has 0 aliphatic heterocycles. The quantitative estimate of drug-likeness (QED) is 0.821. The van der Waals surface area contributed by atoms with Crippen LogP contribution in [0.2, 0.25) is 0 Å². The maximum Gasteiger partial charge on any atom is 0.454 e. The molecule has 0 unspecified atom stereocenters. The number of pyridine rings is 1. The molecule has 0 aliphatic rings. The van der Waals surface area contributed by atoms with Gasteiger partial charge in [0.25, 0.3) is 5.78 Å². The van der Waals surface area contributed by atoms with Crippen LogP contribution < -0.4 is 0 Å². The lowest BCUT2D eigenvalue weighted by Gasteiger charge is -2.03. The first-order valence-electron chi connectivity index (χ1n) is 4.14. The van der Waals surface area contributed by atoms with Crippen LogP contribution in [0.15, 0.2) is 22.9 Å². The standard InChI is InChI=1S/C9H4BrF3N2O/c10-4-1-5-6(7(16)9(11,12)13)3-15-8(5)14-2-4/h1-3H,(H,14,15). The van der Waals surface area contributed by atoms with Crippen molar-refractivity contribution < 1.29 is 18.0 Å². The summed E-state index contributed by atoms with van der Waals surface area (Å²) in [5.41, 5.74) is -0.174. The largest absolute Gasteiger partial charge is 0.454 e. The molecule has 84 valence electrons. The van der Waals surface area contributed by atoms with Crippen molar-refractivity contribution in [2.45, 2.75) is 6.18 Å². The first-order valence-corrected chi connectivity index (χ1v) is 4.93. The molecule has 2 rings (SSSR count). The lowest BCUT2D eigenvalue weighted by atomic mass is 10.1.